The molecule has 0 aliphatic heterocycles. The molecule has 0 unspecified atom stereocenters. The van der Waals surface area contributed by atoms with Crippen LogP contribution in [0.4, 0.5) is 4.39 Å². The molecule has 4 rings (SSSR count). The van der Waals surface area contributed by atoms with Gasteiger partial charge in [-0.25, -0.2) is 4.39 Å². The fourth-order valence-corrected chi connectivity index (χ4v) is 3.41. The molecule has 2 saturated carbocycles. The third kappa shape index (κ3) is 3.42. The number of benzene rings is 1. The van der Waals surface area contributed by atoms with Crippen molar-refractivity contribution in [2.24, 2.45) is 5.92 Å². The van der Waals surface area contributed by atoms with Gasteiger partial charge in [-0.1, -0.05) is 17.3 Å². The van der Waals surface area contributed by atoms with Gasteiger partial charge in [-0.2, -0.15) is 4.98 Å². The summed E-state index contributed by atoms with van der Waals surface area (Å²) in [4.78, 5) is 16.5. The number of amides is 1. The van der Waals surface area contributed by atoms with Gasteiger partial charge in [0.25, 0.3) is 5.91 Å². The van der Waals surface area contributed by atoms with E-state index in [0.29, 0.717) is 24.7 Å². The number of halogens is 1. The molecular weight excluding hydrogens is 325 g/mol. The third-order valence-corrected chi connectivity index (χ3v) is 5.05. The molecule has 0 bridgehead atoms. The van der Waals surface area contributed by atoms with E-state index < -0.39 is 17.8 Å². The Morgan fingerprint density at radius 1 is 1.28 bits per heavy atom. The summed E-state index contributed by atoms with van der Waals surface area (Å²) in [5, 5.41) is 17.0. The molecule has 1 heterocycles. The SMILES string of the molecule is O=C(NC[C@H]1C[C@H](c2nc(C3CC3)no2)C[C@H]1O)c1ccccc1F. The Morgan fingerprint density at radius 3 is 2.84 bits per heavy atom. The lowest BCUT2D eigenvalue weighted by molar-refractivity contribution is 0.0913. The van der Waals surface area contributed by atoms with Crippen molar-refractivity contribution < 1.29 is 18.8 Å². The minimum atomic E-state index is -0.554. The number of aliphatic hydroxyl groups excluding tert-OH is 1. The number of hydrogen-bond acceptors (Lipinski definition) is 5. The lowest BCUT2D eigenvalue weighted by atomic mass is 10.0. The van der Waals surface area contributed by atoms with Crippen LogP contribution in [0.2, 0.25) is 0 Å². The monoisotopic (exact) mass is 345 g/mol. The molecule has 3 atom stereocenters. The number of nitrogens with one attached hydrogen (secondary N) is 1. The lowest BCUT2D eigenvalue weighted by Crippen LogP contribution is -2.32. The number of hydrogen-bond donors (Lipinski definition) is 2. The first-order chi connectivity index (χ1) is 12.1. The van der Waals surface area contributed by atoms with Crippen LogP contribution in [0.1, 0.15) is 59.6 Å². The minimum absolute atomic E-state index is 0.00497. The normalized spacial score (nSPS) is 25.9. The molecule has 0 spiro atoms. The molecule has 2 aliphatic carbocycles. The summed E-state index contributed by atoms with van der Waals surface area (Å²) in [6.45, 7) is 0.286. The Kier molecular flexibility index (Phi) is 4.25. The standard InChI is InChI=1S/C18H20FN3O3/c19-14-4-2-1-3-13(14)17(24)20-9-12-7-11(8-15(12)23)18-21-16(22-25-18)10-5-6-10/h1-4,10-12,15,23H,5-9H2,(H,20,24)/t11-,12+,15+/m0/s1. The van der Waals surface area contributed by atoms with Crippen LogP contribution in [0.15, 0.2) is 28.8 Å². The van der Waals surface area contributed by atoms with Crippen LogP contribution in [-0.2, 0) is 0 Å². The maximum atomic E-state index is 13.6. The minimum Gasteiger partial charge on any atom is -0.393 e. The first-order valence-corrected chi connectivity index (χ1v) is 8.66. The molecule has 0 radical (unpaired) electrons. The molecule has 2 N–H and O–H groups in total. The molecule has 1 aromatic heterocycles. The van der Waals surface area contributed by atoms with E-state index in [9.17, 15) is 14.3 Å². The van der Waals surface area contributed by atoms with E-state index in [1.54, 1.807) is 6.07 Å². The fraction of sp³-hybridized carbons (Fsp3) is 0.500. The van der Waals surface area contributed by atoms with Crippen molar-refractivity contribution >= 4 is 5.91 Å². The first kappa shape index (κ1) is 16.2. The Labute approximate surface area is 144 Å². The first-order valence-electron chi connectivity index (χ1n) is 8.66. The molecule has 2 fully saturated rings. The van der Waals surface area contributed by atoms with Gasteiger partial charge in [0, 0.05) is 24.3 Å². The average molecular weight is 345 g/mol. The summed E-state index contributed by atoms with van der Waals surface area (Å²) < 4.78 is 19.0. The van der Waals surface area contributed by atoms with E-state index >= 15 is 0 Å². The molecule has 0 saturated heterocycles. The van der Waals surface area contributed by atoms with E-state index in [-0.39, 0.29) is 23.9 Å². The third-order valence-electron chi connectivity index (χ3n) is 5.05. The van der Waals surface area contributed by atoms with Gasteiger partial charge in [0.1, 0.15) is 5.82 Å². The van der Waals surface area contributed by atoms with Crippen LogP contribution in [0.5, 0.6) is 0 Å². The number of aliphatic hydroxyl groups is 1. The number of rotatable bonds is 5. The summed E-state index contributed by atoms with van der Waals surface area (Å²) in [5.41, 5.74) is 0.0116. The highest BCUT2D eigenvalue weighted by Crippen LogP contribution is 2.41. The zero-order chi connectivity index (χ0) is 17.4. The summed E-state index contributed by atoms with van der Waals surface area (Å²) in [7, 11) is 0. The van der Waals surface area contributed by atoms with Gasteiger partial charge in [-0.3, -0.25) is 4.79 Å². The van der Waals surface area contributed by atoms with Crippen LogP contribution < -0.4 is 5.32 Å². The van der Waals surface area contributed by atoms with E-state index in [1.807, 2.05) is 0 Å². The molecule has 132 valence electrons. The average Bonchev–Trinajstić information content (AvgIpc) is 3.22. The highest BCUT2D eigenvalue weighted by Gasteiger charge is 2.38. The molecular formula is C18H20FN3O3. The molecule has 2 aromatic rings. The summed E-state index contributed by atoms with van der Waals surface area (Å²) in [6, 6.07) is 5.85. The Balaban J connectivity index is 1.35. The predicted octanol–water partition coefficient (Wildman–Crippen LogP) is 2.37. The van der Waals surface area contributed by atoms with E-state index in [0.717, 1.165) is 18.7 Å². The van der Waals surface area contributed by atoms with Gasteiger partial charge in [-0.15, -0.1) is 0 Å². The van der Waals surface area contributed by atoms with Crippen LogP contribution in [0.25, 0.3) is 0 Å². The molecule has 2 aliphatic rings. The Bertz CT molecular complexity index is 774. The molecule has 6 nitrogen and oxygen atoms in total. The Hall–Kier alpha value is -2.28. The lowest BCUT2D eigenvalue weighted by Gasteiger charge is -2.15. The van der Waals surface area contributed by atoms with Crippen LogP contribution in [0, 0.1) is 11.7 Å². The van der Waals surface area contributed by atoms with Crippen LogP contribution >= 0.6 is 0 Å². The number of nitrogens with zero attached hydrogens (tertiary/aromatic N) is 2. The van der Waals surface area contributed by atoms with Gasteiger partial charge in [0.05, 0.1) is 11.7 Å². The van der Waals surface area contributed by atoms with E-state index in [2.05, 4.69) is 15.5 Å². The smallest absolute Gasteiger partial charge is 0.254 e. The van der Waals surface area contributed by atoms with Gasteiger partial charge in [0.15, 0.2) is 5.82 Å². The second-order valence-corrected chi connectivity index (χ2v) is 6.95. The van der Waals surface area contributed by atoms with Gasteiger partial charge < -0.3 is 14.9 Å². The van der Waals surface area contributed by atoms with Gasteiger partial charge >= 0.3 is 0 Å². The second kappa shape index (κ2) is 6.55. The second-order valence-electron chi connectivity index (χ2n) is 6.95. The summed E-state index contributed by atoms with van der Waals surface area (Å²) in [5.74, 6) is 0.637. The topological polar surface area (TPSA) is 88.3 Å². The summed E-state index contributed by atoms with van der Waals surface area (Å²) >= 11 is 0. The summed E-state index contributed by atoms with van der Waals surface area (Å²) in [6.07, 6.45) is 2.85. The van der Waals surface area contributed by atoms with Crippen molar-refractivity contribution in [1.82, 2.24) is 15.5 Å². The van der Waals surface area contributed by atoms with Crippen LogP contribution in [-0.4, -0.2) is 33.8 Å². The van der Waals surface area contributed by atoms with Crippen molar-refractivity contribution in [2.75, 3.05) is 6.54 Å². The number of aromatic nitrogens is 2. The number of carbonyl (C=O) groups excluding carboxylic acids is 1. The molecule has 1 aromatic carbocycles. The molecule has 1 amide bonds. The van der Waals surface area contributed by atoms with Crippen molar-refractivity contribution in [3.63, 3.8) is 0 Å². The largest absolute Gasteiger partial charge is 0.393 e. The highest BCUT2D eigenvalue weighted by atomic mass is 19.1. The van der Waals surface area contributed by atoms with Crippen molar-refractivity contribution in [3.05, 3.63) is 47.4 Å². The van der Waals surface area contributed by atoms with Gasteiger partial charge in [-0.05, 0) is 37.8 Å². The van der Waals surface area contributed by atoms with Crippen molar-refractivity contribution in [2.45, 2.75) is 43.6 Å². The zero-order valence-electron chi connectivity index (χ0n) is 13.7. The quantitative estimate of drug-likeness (QED) is 0.868. The fourth-order valence-electron chi connectivity index (χ4n) is 3.41. The molecule has 25 heavy (non-hydrogen) atoms. The predicted molar refractivity (Wildman–Crippen MR) is 86.5 cm³/mol. The number of carbonyl (C=O) groups is 1. The maximum absolute atomic E-state index is 13.6. The maximum Gasteiger partial charge on any atom is 0.254 e. The highest BCUT2D eigenvalue weighted by molar-refractivity contribution is 5.94. The van der Waals surface area contributed by atoms with E-state index in [4.69, 9.17) is 4.52 Å². The van der Waals surface area contributed by atoms with Gasteiger partial charge in [0.2, 0.25) is 5.89 Å². The van der Waals surface area contributed by atoms with Crippen LogP contribution in [0.3, 0.4) is 0 Å². The zero-order valence-corrected chi connectivity index (χ0v) is 13.7. The van der Waals surface area contributed by atoms with Crippen molar-refractivity contribution in [1.29, 1.82) is 0 Å². The van der Waals surface area contributed by atoms with E-state index in [1.165, 1.54) is 18.2 Å². The Morgan fingerprint density at radius 2 is 2.08 bits per heavy atom. The molecule has 7 heteroatoms. The van der Waals surface area contributed by atoms with Crippen molar-refractivity contribution in [3.8, 4) is 0 Å².